The summed E-state index contributed by atoms with van der Waals surface area (Å²) in [5, 5.41) is 3.56. The first-order valence-corrected chi connectivity index (χ1v) is 6.40. The molecule has 0 bridgehead atoms. The summed E-state index contributed by atoms with van der Waals surface area (Å²) in [6, 6.07) is 21.2. The molecular formula is C16H17NO. The van der Waals surface area contributed by atoms with Gasteiger partial charge in [0.1, 0.15) is 6.10 Å². The van der Waals surface area contributed by atoms with Gasteiger partial charge in [0.2, 0.25) is 0 Å². The molecule has 0 aromatic heterocycles. The lowest BCUT2D eigenvalue weighted by Gasteiger charge is -2.33. The van der Waals surface area contributed by atoms with E-state index in [-0.39, 0.29) is 12.1 Å². The van der Waals surface area contributed by atoms with E-state index in [9.17, 15) is 0 Å². The van der Waals surface area contributed by atoms with E-state index >= 15 is 0 Å². The lowest BCUT2D eigenvalue weighted by molar-refractivity contribution is -0.00632. The Balaban J connectivity index is 1.92. The summed E-state index contributed by atoms with van der Waals surface area (Å²) in [6.45, 7) is 1.67. The van der Waals surface area contributed by atoms with Crippen molar-refractivity contribution in [2.24, 2.45) is 0 Å². The Morgan fingerprint density at radius 1 is 0.833 bits per heavy atom. The van der Waals surface area contributed by atoms with Crippen LogP contribution in [0.15, 0.2) is 60.7 Å². The molecule has 0 unspecified atom stereocenters. The minimum absolute atomic E-state index is 0.0994. The van der Waals surface area contributed by atoms with Crippen molar-refractivity contribution in [1.29, 1.82) is 0 Å². The SMILES string of the molecule is c1ccc([C@@H]2NCCO[C@H]2c2ccccc2)cc1. The van der Waals surface area contributed by atoms with E-state index in [2.05, 4.69) is 53.8 Å². The highest BCUT2D eigenvalue weighted by molar-refractivity contribution is 5.26. The van der Waals surface area contributed by atoms with Gasteiger partial charge in [0.15, 0.2) is 0 Å². The first-order chi connectivity index (χ1) is 8.95. The van der Waals surface area contributed by atoms with Gasteiger partial charge in [0, 0.05) is 6.54 Å². The van der Waals surface area contributed by atoms with E-state index in [0.717, 1.165) is 13.2 Å². The van der Waals surface area contributed by atoms with E-state index in [1.807, 2.05) is 12.1 Å². The Bertz CT molecular complexity index is 435. The van der Waals surface area contributed by atoms with Gasteiger partial charge in [-0.25, -0.2) is 0 Å². The molecule has 2 aromatic carbocycles. The zero-order chi connectivity index (χ0) is 12.2. The summed E-state index contributed by atoms with van der Waals surface area (Å²) in [4.78, 5) is 0. The van der Waals surface area contributed by atoms with Crippen molar-refractivity contribution in [2.75, 3.05) is 13.2 Å². The van der Waals surface area contributed by atoms with Gasteiger partial charge in [0.25, 0.3) is 0 Å². The van der Waals surface area contributed by atoms with Crippen molar-refractivity contribution >= 4 is 0 Å². The van der Waals surface area contributed by atoms with Crippen LogP contribution in [0.4, 0.5) is 0 Å². The molecule has 2 aromatic rings. The van der Waals surface area contributed by atoms with E-state index in [0.29, 0.717) is 0 Å². The zero-order valence-electron chi connectivity index (χ0n) is 10.3. The van der Waals surface area contributed by atoms with Crippen molar-refractivity contribution in [3.63, 3.8) is 0 Å². The molecule has 0 radical (unpaired) electrons. The maximum absolute atomic E-state index is 5.97. The molecule has 2 atom stereocenters. The molecule has 2 nitrogen and oxygen atoms in total. The first-order valence-electron chi connectivity index (χ1n) is 6.40. The number of ether oxygens (including phenoxy) is 1. The van der Waals surface area contributed by atoms with E-state index in [1.165, 1.54) is 11.1 Å². The first kappa shape index (κ1) is 11.5. The third-order valence-corrected chi connectivity index (χ3v) is 3.35. The fourth-order valence-electron chi connectivity index (χ4n) is 2.49. The summed E-state index contributed by atoms with van der Waals surface area (Å²) < 4.78 is 5.97. The van der Waals surface area contributed by atoms with Crippen molar-refractivity contribution < 1.29 is 4.74 Å². The van der Waals surface area contributed by atoms with Crippen molar-refractivity contribution in [3.8, 4) is 0 Å². The number of hydrogen-bond acceptors (Lipinski definition) is 2. The molecule has 1 aliphatic heterocycles. The Kier molecular flexibility index (Phi) is 3.40. The van der Waals surface area contributed by atoms with Crippen LogP contribution in [-0.4, -0.2) is 13.2 Å². The fourth-order valence-corrected chi connectivity index (χ4v) is 2.49. The van der Waals surface area contributed by atoms with Gasteiger partial charge in [-0.15, -0.1) is 0 Å². The minimum atomic E-state index is 0.0994. The summed E-state index contributed by atoms with van der Waals surface area (Å²) >= 11 is 0. The van der Waals surface area contributed by atoms with Gasteiger partial charge in [-0.05, 0) is 11.1 Å². The van der Waals surface area contributed by atoms with Crippen LogP contribution >= 0.6 is 0 Å². The Hall–Kier alpha value is -1.64. The molecule has 1 fully saturated rings. The summed E-state index contributed by atoms with van der Waals surface area (Å²) in [7, 11) is 0. The van der Waals surface area contributed by atoms with Gasteiger partial charge in [-0.3, -0.25) is 0 Å². The number of hydrogen-bond donors (Lipinski definition) is 1. The Morgan fingerprint density at radius 3 is 2.11 bits per heavy atom. The predicted molar refractivity (Wildman–Crippen MR) is 72.3 cm³/mol. The predicted octanol–water partition coefficient (Wildman–Crippen LogP) is 3.09. The van der Waals surface area contributed by atoms with Gasteiger partial charge in [-0.1, -0.05) is 60.7 Å². The molecule has 1 N–H and O–H groups in total. The number of benzene rings is 2. The largest absolute Gasteiger partial charge is 0.370 e. The Labute approximate surface area is 108 Å². The monoisotopic (exact) mass is 239 g/mol. The summed E-state index contributed by atoms with van der Waals surface area (Å²) in [5.41, 5.74) is 2.52. The van der Waals surface area contributed by atoms with Crippen molar-refractivity contribution in [1.82, 2.24) is 5.32 Å². The second kappa shape index (κ2) is 5.34. The molecule has 1 saturated heterocycles. The van der Waals surface area contributed by atoms with Crippen molar-refractivity contribution in [2.45, 2.75) is 12.1 Å². The topological polar surface area (TPSA) is 21.3 Å². The molecule has 0 amide bonds. The molecule has 1 aliphatic rings. The van der Waals surface area contributed by atoms with Crippen LogP contribution in [0.2, 0.25) is 0 Å². The molecule has 0 saturated carbocycles. The molecule has 3 rings (SSSR count). The summed E-state index contributed by atoms with van der Waals surface area (Å²) in [5.74, 6) is 0. The van der Waals surface area contributed by atoms with Crippen LogP contribution in [0.3, 0.4) is 0 Å². The van der Waals surface area contributed by atoms with Gasteiger partial charge in [-0.2, -0.15) is 0 Å². The van der Waals surface area contributed by atoms with Crippen LogP contribution in [0.25, 0.3) is 0 Å². The van der Waals surface area contributed by atoms with Crippen LogP contribution in [0.5, 0.6) is 0 Å². The average Bonchev–Trinajstić information content (AvgIpc) is 2.49. The maximum Gasteiger partial charge on any atom is 0.102 e. The van der Waals surface area contributed by atoms with E-state index < -0.39 is 0 Å². The maximum atomic E-state index is 5.97. The number of nitrogens with one attached hydrogen (secondary N) is 1. The highest BCUT2D eigenvalue weighted by atomic mass is 16.5. The average molecular weight is 239 g/mol. The lowest BCUT2D eigenvalue weighted by Crippen LogP contribution is -2.37. The quantitative estimate of drug-likeness (QED) is 0.869. The summed E-state index contributed by atoms with van der Waals surface area (Å²) in [6.07, 6.45) is 0.0994. The normalized spacial score (nSPS) is 23.8. The molecule has 1 heterocycles. The van der Waals surface area contributed by atoms with Gasteiger partial charge in [0.05, 0.1) is 12.6 Å². The molecule has 0 aliphatic carbocycles. The van der Waals surface area contributed by atoms with Crippen LogP contribution in [-0.2, 0) is 4.74 Å². The second-order valence-corrected chi connectivity index (χ2v) is 4.54. The highest BCUT2D eigenvalue weighted by Crippen LogP contribution is 2.33. The van der Waals surface area contributed by atoms with E-state index in [4.69, 9.17) is 4.74 Å². The Morgan fingerprint density at radius 2 is 1.44 bits per heavy atom. The third kappa shape index (κ3) is 2.30. The molecule has 0 spiro atoms. The standard InChI is InChI=1S/C16H17NO/c1-3-7-13(8-4-1)15-16(18-12-11-17-15)14-9-5-2-6-10-14/h1-10,15-17H,11-12H2/t15-,16-/m0/s1. The molecule has 92 valence electrons. The molecule has 18 heavy (non-hydrogen) atoms. The van der Waals surface area contributed by atoms with E-state index in [1.54, 1.807) is 0 Å². The fraction of sp³-hybridized carbons (Fsp3) is 0.250. The van der Waals surface area contributed by atoms with Gasteiger partial charge >= 0.3 is 0 Å². The zero-order valence-corrected chi connectivity index (χ0v) is 10.3. The molecular weight excluding hydrogens is 222 g/mol. The smallest absolute Gasteiger partial charge is 0.102 e. The number of morpholine rings is 1. The second-order valence-electron chi connectivity index (χ2n) is 4.54. The highest BCUT2D eigenvalue weighted by Gasteiger charge is 2.27. The molecule has 2 heteroatoms. The number of rotatable bonds is 2. The van der Waals surface area contributed by atoms with Gasteiger partial charge < -0.3 is 10.1 Å². The minimum Gasteiger partial charge on any atom is -0.370 e. The van der Waals surface area contributed by atoms with Crippen molar-refractivity contribution in [3.05, 3.63) is 71.8 Å². The third-order valence-electron chi connectivity index (χ3n) is 3.35. The lowest BCUT2D eigenvalue weighted by atomic mass is 9.94. The van der Waals surface area contributed by atoms with Crippen LogP contribution < -0.4 is 5.32 Å². The van der Waals surface area contributed by atoms with Crippen LogP contribution in [0.1, 0.15) is 23.3 Å². The van der Waals surface area contributed by atoms with Crippen LogP contribution in [0, 0.1) is 0 Å².